The quantitative estimate of drug-likeness (QED) is 0.499. The molecule has 0 aliphatic carbocycles. The minimum Gasteiger partial charge on any atom is -0.315 e. The summed E-state index contributed by atoms with van der Waals surface area (Å²) in [6.07, 6.45) is 7.63. The van der Waals surface area contributed by atoms with Crippen LogP contribution in [0.15, 0.2) is 0 Å². The summed E-state index contributed by atoms with van der Waals surface area (Å²) in [6.45, 7) is 10.5. The highest BCUT2D eigenvalue weighted by atomic mass is 14.9. The van der Waals surface area contributed by atoms with Gasteiger partial charge in [0.15, 0.2) is 0 Å². The SMILES string of the molecule is [CH2]CCCNCCNCCCCCC. The fraction of sp³-hybridized carbons (Fsp3) is 0.917. The lowest BCUT2D eigenvalue weighted by Crippen LogP contribution is -2.28. The molecule has 0 aromatic heterocycles. The normalized spacial score (nSPS) is 10.7. The van der Waals surface area contributed by atoms with Gasteiger partial charge in [-0.15, -0.1) is 0 Å². The van der Waals surface area contributed by atoms with Gasteiger partial charge in [-0.3, -0.25) is 0 Å². The lowest BCUT2D eigenvalue weighted by molar-refractivity contribution is 0.567. The van der Waals surface area contributed by atoms with E-state index in [2.05, 4.69) is 24.5 Å². The fourth-order valence-electron chi connectivity index (χ4n) is 1.35. The van der Waals surface area contributed by atoms with Crippen LogP contribution in [0.25, 0.3) is 0 Å². The summed E-state index contributed by atoms with van der Waals surface area (Å²) in [4.78, 5) is 0. The Morgan fingerprint density at radius 3 is 2.00 bits per heavy atom. The maximum Gasteiger partial charge on any atom is 0.00767 e. The lowest BCUT2D eigenvalue weighted by Gasteiger charge is -2.05. The molecule has 0 atom stereocenters. The molecule has 0 unspecified atom stereocenters. The van der Waals surface area contributed by atoms with Crippen LogP contribution in [0.1, 0.15) is 45.4 Å². The molecule has 0 aliphatic rings. The Hall–Kier alpha value is -0.0800. The van der Waals surface area contributed by atoms with Crippen LogP contribution in [-0.2, 0) is 0 Å². The molecule has 1 radical (unpaired) electrons. The highest BCUT2D eigenvalue weighted by molar-refractivity contribution is 4.53. The molecule has 0 saturated carbocycles. The van der Waals surface area contributed by atoms with Crippen molar-refractivity contribution in [3.8, 4) is 0 Å². The Bertz CT molecular complexity index is 82.3. The molecular weight excluding hydrogens is 172 g/mol. The fourth-order valence-corrected chi connectivity index (χ4v) is 1.35. The Labute approximate surface area is 89.9 Å². The molecule has 2 heteroatoms. The van der Waals surface area contributed by atoms with E-state index < -0.39 is 0 Å². The van der Waals surface area contributed by atoms with Crippen molar-refractivity contribution in [1.29, 1.82) is 0 Å². The standard InChI is InChI=1S/C12H27N2/c1-3-5-7-8-10-14-12-11-13-9-6-4-2/h13-14H,2-12H2,1H3. The van der Waals surface area contributed by atoms with E-state index in [0.717, 1.165) is 26.1 Å². The molecule has 2 N–H and O–H groups in total. The van der Waals surface area contributed by atoms with Gasteiger partial charge in [-0.1, -0.05) is 39.5 Å². The van der Waals surface area contributed by atoms with Crippen molar-refractivity contribution in [2.45, 2.75) is 45.4 Å². The molecule has 0 aromatic carbocycles. The van der Waals surface area contributed by atoms with Crippen molar-refractivity contribution >= 4 is 0 Å². The summed E-state index contributed by atoms with van der Waals surface area (Å²) in [7, 11) is 0. The van der Waals surface area contributed by atoms with Crippen LogP contribution in [0.2, 0.25) is 0 Å². The minimum absolute atomic E-state index is 1.04. The van der Waals surface area contributed by atoms with Gasteiger partial charge in [0, 0.05) is 13.1 Å². The van der Waals surface area contributed by atoms with Crippen LogP contribution < -0.4 is 10.6 Å². The van der Waals surface area contributed by atoms with Gasteiger partial charge in [0.05, 0.1) is 0 Å². The molecule has 0 aromatic rings. The van der Waals surface area contributed by atoms with E-state index in [1.165, 1.54) is 38.6 Å². The topological polar surface area (TPSA) is 24.1 Å². The Morgan fingerprint density at radius 1 is 0.786 bits per heavy atom. The van der Waals surface area contributed by atoms with Crippen LogP contribution in [-0.4, -0.2) is 26.2 Å². The number of nitrogens with one attached hydrogen (secondary N) is 2. The average Bonchev–Trinajstić information content (AvgIpc) is 2.21. The van der Waals surface area contributed by atoms with Crippen molar-refractivity contribution in [3.05, 3.63) is 6.92 Å². The van der Waals surface area contributed by atoms with E-state index in [4.69, 9.17) is 0 Å². The predicted molar refractivity (Wildman–Crippen MR) is 64.5 cm³/mol. The molecule has 85 valence electrons. The van der Waals surface area contributed by atoms with Crippen molar-refractivity contribution in [2.24, 2.45) is 0 Å². The predicted octanol–water partition coefficient (Wildman–Crippen LogP) is 2.36. The van der Waals surface area contributed by atoms with Gasteiger partial charge in [-0.05, 0) is 25.9 Å². The Morgan fingerprint density at radius 2 is 1.43 bits per heavy atom. The smallest absolute Gasteiger partial charge is 0.00767 e. The number of hydrogen-bond acceptors (Lipinski definition) is 2. The summed E-state index contributed by atoms with van der Waals surface area (Å²) in [5, 5.41) is 6.83. The van der Waals surface area contributed by atoms with Gasteiger partial charge < -0.3 is 10.6 Å². The maximum absolute atomic E-state index is 3.81. The molecule has 0 spiro atoms. The number of unbranched alkanes of at least 4 members (excludes halogenated alkanes) is 4. The zero-order valence-electron chi connectivity index (χ0n) is 9.78. The Kier molecular flexibility index (Phi) is 12.8. The van der Waals surface area contributed by atoms with E-state index >= 15 is 0 Å². The van der Waals surface area contributed by atoms with Gasteiger partial charge >= 0.3 is 0 Å². The zero-order valence-corrected chi connectivity index (χ0v) is 9.78. The molecule has 0 amide bonds. The van der Waals surface area contributed by atoms with E-state index in [-0.39, 0.29) is 0 Å². The highest BCUT2D eigenvalue weighted by Gasteiger charge is 1.89. The number of rotatable bonds is 11. The van der Waals surface area contributed by atoms with Crippen LogP contribution >= 0.6 is 0 Å². The molecule has 0 fully saturated rings. The van der Waals surface area contributed by atoms with Crippen LogP contribution in [0.5, 0.6) is 0 Å². The third kappa shape index (κ3) is 11.9. The second kappa shape index (κ2) is 12.9. The molecular formula is C12H27N2. The minimum atomic E-state index is 1.04. The zero-order chi connectivity index (χ0) is 10.5. The first kappa shape index (κ1) is 13.9. The van der Waals surface area contributed by atoms with Crippen molar-refractivity contribution < 1.29 is 0 Å². The summed E-state index contributed by atoms with van der Waals surface area (Å²) in [6, 6.07) is 0. The molecule has 0 saturated heterocycles. The Balaban J connectivity index is 2.78. The van der Waals surface area contributed by atoms with Crippen molar-refractivity contribution in [2.75, 3.05) is 26.2 Å². The first-order chi connectivity index (χ1) is 6.91. The molecule has 0 bridgehead atoms. The third-order valence-corrected chi connectivity index (χ3v) is 2.29. The van der Waals surface area contributed by atoms with E-state index in [1.54, 1.807) is 0 Å². The van der Waals surface area contributed by atoms with Gasteiger partial charge in [-0.25, -0.2) is 0 Å². The summed E-state index contributed by atoms with van der Waals surface area (Å²) in [5.74, 6) is 0. The summed E-state index contributed by atoms with van der Waals surface area (Å²) >= 11 is 0. The monoisotopic (exact) mass is 199 g/mol. The maximum atomic E-state index is 3.81. The van der Waals surface area contributed by atoms with E-state index in [9.17, 15) is 0 Å². The van der Waals surface area contributed by atoms with Gasteiger partial charge in [0.2, 0.25) is 0 Å². The van der Waals surface area contributed by atoms with Crippen LogP contribution in [0, 0.1) is 6.92 Å². The molecule has 0 rings (SSSR count). The molecule has 2 nitrogen and oxygen atoms in total. The molecule has 14 heavy (non-hydrogen) atoms. The van der Waals surface area contributed by atoms with Gasteiger partial charge in [-0.2, -0.15) is 0 Å². The van der Waals surface area contributed by atoms with Crippen molar-refractivity contribution in [3.63, 3.8) is 0 Å². The van der Waals surface area contributed by atoms with Crippen LogP contribution in [0.4, 0.5) is 0 Å². The van der Waals surface area contributed by atoms with E-state index in [1.807, 2.05) is 0 Å². The lowest BCUT2D eigenvalue weighted by atomic mass is 10.2. The first-order valence-corrected chi connectivity index (χ1v) is 6.12. The largest absolute Gasteiger partial charge is 0.315 e. The van der Waals surface area contributed by atoms with E-state index in [0.29, 0.717) is 0 Å². The third-order valence-electron chi connectivity index (χ3n) is 2.29. The van der Waals surface area contributed by atoms with Gasteiger partial charge in [0.25, 0.3) is 0 Å². The summed E-state index contributed by atoms with van der Waals surface area (Å²) in [5.41, 5.74) is 0. The van der Waals surface area contributed by atoms with Crippen LogP contribution in [0.3, 0.4) is 0 Å². The molecule has 0 heterocycles. The molecule has 0 aliphatic heterocycles. The average molecular weight is 199 g/mol. The highest BCUT2D eigenvalue weighted by Crippen LogP contribution is 1.96. The summed E-state index contributed by atoms with van der Waals surface area (Å²) < 4.78 is 0. The van der Waals surface area contributed by atoms with Crippen molar-refractivity contribution in [1.82, 2.24) is 10.6 Å². The second-order valence-corrected chi connectivity index (χ2v) is 3.77. The second-order valence-electron chi connectivity index (χ2n) is 3.77. The van der Waals surface area contributed by atoms with Gasteiger partial charge in [0.1, 0.15) is 0 Å². The first-order valence-electron chi connectivity index (χ1n) is 6.12. The number of hydrogen-bond donors (Lipinski definition) is 2.